The number of sulfonamides is 1. The number of benzene rings is 1. The average molecular weight is 434 g/mol. The number of amides is 2. The maximum Gasteiger partial charge on any atom is 0.289 e. The molecule has 0 fully saturated rings. The van der Waals surface area contributed by atoms with Gasteiger partial charge in [-0.15, -0.1) is 0 Å². The Morgan fingerprint density at radius 2 is 1.93 bits per heavy atom. The number of carbonyl (C=O) groups is 3. The maximum atomic E-state index is 12.9. The third-order valence-electron chi connectivity index (χ3n) is 4.54. The fraction of sp³-hybridized carbons (Fsp3) is 0.368. The molecule has 3 rings (SSSR count). The van der Waals surface area contributed by atoms with Crippen LogP contribution in [0.25, 0.3) is 0 Å². The molecule has 0 saturated heterocycles. The van der Waals surface area contributed by atoms with Crippen molar-refractivity contribution in [2.24, 2.45) is 5.92 Å². The van der Waals surface area contributed by atoms with Crippen molar-refractivity contribution in [2.45, 2.75) is 43.8 Å². The van der Waals surface area contributed by atoms with Gasteiger partial charge in [-0.3, -0.25) is 14.4 Å². The lowest BCUT2D eigenvalue weighted by Crippen LogP contribution is -2.55. The van der Waals surface area contributed by atoms with E-state index in [1.807, 2.05) is 0 Å². The lowest BCUT2D eigenvalue weighted by Gasteiger charge is -2.24. The van der Waals surface area contributed by atoms with Gasteiger partial charge in [-0.25, -0.2) is 13.4 Å². The number of carbonyl (C=O) groups excluding carboxylic acids is 3. The fourth-order valence-corrected chi connectivity index (χ4v) is 4.27. The van der Waals surface area contributed by atoms with E-state index < -0.39 is 45.6 Å². The lowest BCUT2D eigenvalue weighted by atomic mass is 10.0. The van der Waals surface area contributed by atoms with Gasteiger partial charge < -0.3 is 15.1 Å². The highest BCUT2D eigenvalue weighted by atomic mass is 32.2. The van der Waals surface area contributed by atoms with Crippen LogP contribution in [-0.4, -0.2) is 43.1 Å². The van der Waals surface area contributed by atoms with E-state index in [9.17, 15) is 22.8 Å². The van der Waals surface area contributed by atoms with Crippen LogP contribution in [0.2, 0.25) is 0 Å². The molecule has 0 saturated carbocycles. The number of oxazole rings is 1. The molecule has 0 radical (unpaired) electrons. The molecule has 2 unspecified atom stereocenters. The Morgan fingerprint density at radius 1 is 1.23 bits per heavy atom. The summed E-state index contributed by atoms with van der Waals surface area (Å²) in [7, 11) is -3.97. The lowest BCUT2D eigenvalue weighted by molar-refractivity contribution is -0.140. The van der Waals surface area contributed by atoms with Crippen molar-refractivity contribution >= 4 is 27.6 Å². The van der Waals surface area contributed by atoms with Crippen molar-refractivity contribution in [2.75, 3.05) is 0 Å². The summed E-state index contributed by atoms with van der Waals surface area (Å²) in [6, 6.07) is 5.21. The molecule has 2 heterocycles. The van der Waals surface area contributed by atoms with Gasteiger partial charge in [0.25, 0.3) is 5.91 Å². The number of aromatic nitrogens is 1. The Kier molecular flexibility index (Phi) is 6.32. The predicted octanol–water partition coefficient (Wildman–Crippen LogP) is -0.0961. The summed E-state index contributed by atoms with van der Waals surface area (Å²) in [6.45, 7) is 3.33. The molecule has 160 valence electrons. The number of fused-ring (bicyclic) bond motifs is 2. The zero-order chi connectivity index (χ0) is 21.9. The Balaban J connectivity index is 1.80. The van der Waals surface area contributed by atoms with Gasteiger partial charge in [-0.2, -0.15) is 4.72 Å². The minimum absolute atomic E-state index is 0.00370. The monoisotopic (exact) mass is 434 g/mol. The first-order valence-electron chi connectivity index (χ1n) is 9.31. The van der Waals surface area contributed by atoms with Crippen LogP contribution in [0, 0.1) is 5.92 Å². The van der Waals surface area contributed by atoms with Gasteiger partial charge in [0, 0.05) is 0 Å². The first-order chi connectivity index (χ1) is 14.2. The second kappa shape index (κ2) is 8.76. The zero-order valence-corrected chi connectivity index (χ0v) is 17.2. The first-order valence-corrected chi connectivity index (χ1v) is 10.8. The molecule has 1 aromatic carbocycles. The third-order valence-corrected chi connectivity index (χ3v) is 6.00. The van der Waals surface area contributed by atoms with Gasteiger partial charge in [0.15, 0.2) is 5.89 Å². The van der Waals surface area contributed by atoms with E-state index >= 15 is 0 Å². The van der Waals surface area contributed by atoms with Gasteiger partial charge in [0.1, 0.15) is 17.8 Å². The highest BCUT2D eigenvalue weighted by Crippen LogP contribution is 2.13. The second-order valence-electron chi connectivity index (χ2n) is 7.19. The molecule has 2 amide bonds. The summed E-state index contributed by atoms with van der Waals surface area (Å²) in [4.78, 5) is 41.4. The van der Waals surface area contributed by atoms with E-state index in [-0.39, 0.29) is 23.8 Å². The molecule has 2 bridgehead atoms. The molecular weight excluding hydrogens is 412 g/mol. The number of ketones is 1. The Bertz CT molecular complexity index is 1050. The standard InChI is InChI=1S/C19H22N4O6S/c1-11(2)16(23-30(27,28)13-6-4-3-5-7-13)18(25)22-14-8-15-20-9-12(29-15)10-21-19(26)17(14)24/h3-7,9,11,14,16,23H,8,10H2,1-2H3,(H,21,26)(H,22,25). The molecule has 1 aliphatic heterocycles. The number of hydrogen-bond donors (Lipinski definition) is 3. The molecule has 1 aromatic heterocycles. The van der Waals surface area contributed by atoms with Gasteiger partial charge in [0.2, 0.25) is 21.7 Å². The van der Waals surface area contributed by atoms with Crippen molar-refractivity contribution in [3.8, 4) is 0 Å². The average Bonchev–Trinajstić information content (AvgIpc) is 3.17. The molecular formula is C19H22N4O6S. The number of rotatable bonds is 6. The van der Waals surface area contributed by atoms with Crippen molar-refractivity contribution in [1.29, 1.82) is 0 Å². The zero-order valence-electron chi connectivity index (χ0n) is 16.4. The van der Waals surface area contributed by atoms with Gasteiger partial charge in [-0.05, 0) is 18.1 Å². The molecule has 10 nitrogen and oxygen atoms in total. The van der Waals surface area contributed by atoms with Gasteiger partial charge in [0.05, 0.1) is 24.1 Å². The van der Waals surface area contributed by atoms with E-state index in [2.05, 4.69) is 20.3 Å². The third kappa shape index (κ3) is 4.92. The van der Waals surface area contributed by atoms with E-state index in [0.717, 1.165) is 0 Å². The highest BCUT2D eigenvalue weighted by molar-refractivity contribution is 7.89. The molecule has 0 spiro atoms. The molecule has 2 aromatic rings. The molecule has 30 heavy (non-hydrogen) atoms. The van der Waals surface area contributed by atoms with Crippen LogP contribution in [0.5, 0.6) is 0 Å². The highest BCUT2D eigenvalue weighted by Gasteiger charge is 2.34. The number of nitrogens with zero attached hydrogens (tertiary/aromatic N) is 1. The maximum absolute atomic E-state index is 12.9. The Morgan fingerprint density at radius 3 is 2.60 bits per heavy atom. The molecule has 1 aliphatic rings. The van der Waals surface area contributed by atoms with Crippen LogP contribution in [-0.2, 0) is 37.4 Å². The van der Waals surface area contributed by atoms with Crippen LogP contribution in [0.1, 0.15) is 25.5 Å². The van der Waals surface area contributed by atoms with Crippen LogP contribution in [0.15, 0.2) is 45.8 Å². The minimum Gasteiger partial charge on any atom is -0.444 e. The van der Waals surface area contributed by atoms with Crippen molar-refractivity contribution in [3.63, 3.8) is 0 Å². The summed E-state index contributed by atoms with van der Waals surface area (Å²) >= 11 is 0. The molecule has 2 atom stereocenters. The number of Topliss-reactive ketones (excluding diaryl/α,β-unsaturated/α-hetero) is 1. The van der Waals surface area contributed by atoms with E-state index in [0.29, 0.717) is 5.76 Å². The van der Waals surface area contributed by atoms with Gasteiger partial charge in [-0.1, -0.05) is 32.0 Å². The van der Waals surface area contributed by atoms with Crippen LogP contribution >= 0.6 is 0 Å². The van der Waals surface area contributed by atoms with Crippen molar-refractivity contribution in [1.82, 2.24) is 20.3 Å². The molecule has 0 aliphatic carbocycles. The second-order valence-corrected chi connectivity index (χ2v) is 8.90. The van der Waals surface area contributed by atoms with Crippen molar-refractivity contribution < 1.29 is 27.2 Å². The van der Waals surface area contributed by atoms with E-state index in [1.54, 1.807) is 32.0 Å². The van der Waals surface area contributed by atoms with E-state index in [1.165, 1.54) is 18.3 Å². The molecule has 3 N–H and O–H groups in total. The SMILES string of the molecule is CC(C)C(NS(=O)(=O)c1ccccc1)C(=O)NC1Cc2ncc(o2)CNC(=O)C1=O. The number of nitrogens with one attached hydrogen (secondary N) is 3. The summed E-state index contributed by atoms with van der Waals surface area (Å²) < 4.78 is 33.1. The summed E-state index contributed by atoms with van der Waals surface area (Å²) in [5.41, 5.74) is 0. The summed E-state index contributed by atoms with van der Waals surface area (Å²) in [6.07, 6.45) is 1.30. The molecule has 11 heteroatoms. The van der Waals surface area contributed by atoms with E-state index in [4.69, 9.17) is 4.42 Å². The Hall–Kier alpha value is -3.05. The summed E-state index contributed by atoms with van der Waals surface area (Å²) in [5, 5.41) is 4.87. The van der Waals surface area contributed by atoms with Gasteiger partial charge >= 0.3 is 0 Å². The van der Waals surface area contributed by atoms with Crippen LogP contribution < -0.4 is 15.4 Å². The quantitative estimate of drug-likeness (QED) is 0.538. The minimum atomic E-state index is -3.97. The topological polar surface area (TPSA) is 147 Å². The largest absolute Gasteiger partial charge is 0.444 e. The Labute approximate surface area is 173 Å². The predicted molar refractivity (Wildman–Crippen MR) is 104 cm³/mol. The number of hydrogen-bond acceptors (Lipinski definition) is 7. The van der Waals surface area contributed by atoms with Crippen molar-refractivity contribution in [3.05, 3.63) is 48.2 Å². The summed E-state index contributed by atoms with van der Waals surface area (Å²) in [5.74, 6) is -2.33. The smallest absolute Gasteiger partial charge is 0.289 e. The van der Waals surface area contributed by atoms with Crippen LogP contribution in [0.3, 0.4) is 0 Å². The fourth-order valence-electron chi connectivity index (χ4n) is 2.91. The first kappa shape index (κ1) is 21.7. The van der Waals surface area contributed by atoms with Crippen LogP contribution in [0.4, 0.5) is 0 Å². The normalized spacial score (nSPS) is 18.2.